The van der Waals surface area contributed by atoms with Crippen LogP contribution in [-0.2, 0) is 13.2 Å². The van der Waals surface area contributed by atoms with Crippen LogP contribution in [0.4, 0.5) is 0 Å². The lowest BCUT2D eigenvalue weighted by atomic mass is 10.2. The molecule has 0 aliphatic heterocycles. The van der Waals surface area contributed by atoms with Crippen molar-refractivity contribution < 1.29 is 9.47 Å². The lowest BCUT2D eigenvalue weighted by Gasteiger charge is -2.18. The first kappa shape index (κ1) is 23.1. The average molecular weight is 446 g/mol. The Balaban J connectivity index is 2.00. The first-order valence-corrected chi connectivity index (χ1v) is 10.5. The second-order valence-corrected chi connectivity index (χ2v) is 7.59. The molecule has 4 nitrogen and oxygen atoms in total. The molecule has 0 aliphatic rings. The van der Waals surface area contributed by atoms with Gasteiger partial charge < -0.3 is 19.7 Å². The summed E-state index contributed by atoms with van der Waals surface area (Å²) >= 11 is 18.6. The van der Waals surface area contributed by atoms with Crippen molar-refractivity contribution in [2.45, 2.75) is 27.0 Å². The number of nitrogens with zero attached hydrogens (tertiary/aromatic N) is 1. The Bertz CT molecular complexity index is 768. The third kappa shape index (κ3) is 6.71. The first-order chi connectivity index (χ1) is 13.5. The molecule has 0 amide bonds. The third-order valence-electron chi connectivity index (χ3n) is 4.50. The Labute approximate surface area is 182 Å². The molecule has 0 unspecified atom stereocenters. The molecule has 28 heavy (non-hydrogen) atoms. The number of likely N-dealkylation sites (N-methyl/N-ethyl adjacent to an activating group) is 1. The fourth-order valence-corrected chi connectivity index (χ4v) is 3.56. The normalized spacial score (nSPS) is 11.1. The van der Waals surface area contributed by atoms with Crippen LogP contribution >= 0.6 is 34.8 Å². The fourth-order valence-electron chi connectivity index (χ4n) is 2.81. The van der Waals surface area contributed by atoms with Gasteiger partial charge in [0.05, 0.1) is 12.1 Å². The summed E-state index contributed by atoms with van der Waals surface area (Å²) in [4.78, 5) is 2.37. The van der Waals surface area contributed by atoms with E-state index < -0.39 is 0 Å². The Kier molecular flexibility index (Phi) is 9.69. The molecular formula is C21H27Cl3N2O2. The van der Waals surface area contributed by atoms with Gasteiger partial charge in [0.15, 0.2) is 11.5 Å². The van der Waals surface area contributed by atoms with E-state index >= 15 is 0 Å². The van der Waals surface area contributed by atoms with E-state index in [2.05, 4.69) is 24.1 Å². The Morgan fingerprint density at radius 1 is 1.00 bits per heavy atom. The van der Waals surface area contributed by atoms with Gasteiger partial charge in [0.2, 0.25) is 0 Å². The molecule has 0 radical (unpaired) electrons. The van der Waals surface area contributed by atoms with E-state index in [1.54, 1.807) is 19.2 Å². The van der Waals surface area contributed by atoms with Crippen LogP contribution < -0.4 is 14.8 Å². The molecule has 2 aromatic rings. The summed E-state index contributed by atoms with van der Waals surface area (Å²) in [6.45, 7) is 9.36. The molecule has 154 valence electrons. The highest BCUT2D eigenvalue weighted by molar-refractivity contribution is 6.35. The Morgan fingerprint density at radius 3 is 2.39 bits per heavy atom. The van der Waals surface area contributed by atoms with Crippen molar-refractivity contribution >= 4 is 34.8 Å². The number of nitrogens with one attached hydrogen (secondary N) is 1. The summed E-state index contributed by atoms with van der Waals surface area (Å²) in [5, 5.41) is 5.09. The van der Waals surface area contributed by atoms with E-state index in [4.69, 9.17) is 44.3 Å². The van der Waals surface area contributed by atoms with Crippen LogP contribution in [0.5, 0.6) is 11.5 Å². The van der Waals surface area contributed by atoms with Crippen molar-refractivity contribution in [1.82, 2.24) is 10.2 Å². The number of methoxy groups -OCH3 is 1. The molecule has 0 spiro atoms. The predicted molar refractivity (Wildman–Crippen MR) is 118 cm³/mol. The van der Waals surface area contributed by atoms with Crippen LogP contribution in [0.1, 0.15) is 25.0 Å². The van der Waals surface area contributed by atoms with Crippen LogP contribution in [0.25, 0.3) is 0 Å². The quantitative estimate of drug-likeness (QED) is 0.452. The van der Waals surface area contributed by atoms with E-state index in [0.717, 1.165) is 37.3 Å². The van der Waals surface area contributed by atoms with Crippen LogP contribution in [0.3, 0.4) is 0 Å². The van der Waals surface area contributed by atoms with Gasteiger partial charge >= 0.3 is 0 Å². The van der Waals surface area contributed by atoms with Gasteiger partial charge in [-0.25, -0.2) is 0 Å². The van der Waals surface area contributed by atoms with Crippen LogP contribution in [0.15, 0.2) is 30.3 Å². The maximum Gasteiger partial charge on any atom is 0.180 e. The molecule has 0 saturated carbocycles. The minimum Gasteiger partial charge on any atom is -0.493 e. The highest BCUT2D eigenvalue weighted by Gasteiger charge is 2.13. The summed E-state index contributed by atoms with van der Waals surface area (Å²) in [6.07, 6.45) is 0. The highest BCUT2D eigenvalue weighted by Crippen LogP contribution is 2.37. The molecule has 0 fully saturated rings. The number of rotatable bonds is 11. The van der Waals surface area contributed by atoms with Crippen LogP contribution in [0.2, 0.25) is 15.1 Å². The van der Waals surface area contributed by atoms with Gasteiger partial charge in [0, 0.05) is 35.2 Å². The van der Waals surface area contributed by atoms with E-state index in [1.165, 1.54) is 0 Å². The molecule has 2 aromatic carbocycles. The lowest BCUT2D eigenvalue weighted by Crippen LogP contribution is -2.31. The van der Waals surface area contributed by atoms with Crippen molar-refractivity contribution in [1.29, 1.82) is 0 Å². The van der Waals surface area contributed by atoms with Gasteiger partial charge in [-0.15, -0.1) is 0 Å². The average Bonchev–Trinajstić information content (AvgIpc) is 2.68. The standard InChI is InChI=1S/C21H27Cl3N2O2/c1-4-26(5-2)9-8-25-13-15-10-19(24)21(20(11-15)27-3)28-14-16-6-7-17(22)12-18(16)23/h6-7,10-12,25H,4-5,8-9,13-14H2,1-3H3. The largest absolute Gasteiger partial charge is 0.493 e. The zero-order valence-electron chi connectivity index (χ0n) is 16.5. The zero-order valence-corrected chi connectivity index (χ0v) is 18.8. The second kappa shape index (κ2) is 11.7. The predicted octanol–water partition coefficient (Wildman–Crippen LogP) is 5.67. The van der Waals surface area contributed by atoms with Crippen molar-refractivity contribution in [2.75, 3.05) is 33.3 Å². The molecule has 0 saturated heterocycles. The number of hydrogen-bond acceptors (Lipinski definition) is 4. The summed E-state index contributed by atoms with van der Waals surface area (Å²) < 4.78 is 11.4. The molecule has 2 rings (SSSR count). The minimum absolute atomic E-state index is 0.271. The van der Waals surface area contributed by atoms with Gasteiger partial charge in [0.1, 0.15) is 6.61 Å². The topological polar surface area (TPSA) is 33.7 Å². The molecule has 0 heterocycles. The molecule has 1 N–H and O–H groups in total. The van der Waals surface area contributed by atoms with E-state index in [1.807, 2.05) is 18.2 Å². The molecule has 0 aromatic heterocycles. The summed E-state index contributed by atoms with van der Waals surface area (Å²) in [6, 6.07) is 9.13. The third-order valence-corrected chi connectivity index (χ3v) is 5.37. The zero-order chi connectivity index (χ0) is 20.5. The van der Waals surface area contributed by atoms with Crippen molar-refractivity contribution in [3.05, 3.63) is 56.5 Å². The second-order valence-electron chi connectivity index (χ2n) is 6.34. The summed E-state index contributed by atoms with van der Waals surface area (Å²) in [5.41, 5.74) is 1.87. The van der Waals surface area contributed by atoms with E-state index in [0.29, 0.717) is 33.1 Å². The lowest BCUT2D eigenvalue weighted by molar-refractivity contribution is 0.284. The molecule has 0 atom stereocenters. The summed E-state index contributed by atoms with van der Waals surface area (Å²) in [5.74, 6) is 1.10. The number of halogens is 3. The maximum absolute atomic E-state index is 6.46. The van der Waals surface area contributed by atoms with Gasteiger partial charge in [-0.2, -0.15) is 0 Å². The number of ether oxygens (including phenoxy) is 2. The van der Waals surface area contributed by atoms with Crippen LogP contribution in [-0.4, -0.2) is 38.2 Å². The molecular weight excluding hydrogens is 419 g/mol. The fraction of sp³-hybridized carbons (Fsp3) is 0.429. The van der Waals surface area contributed by atoms with Gasteiger partial charge in [0.25, 0.3) is 0 Å². The molecule has 0 bridgehead atoms. The van der Waals surface area contributed by atoms with Gasteiger partial charge in [-0.3, -0.25) is 0 Å². The van der Waals surface area contributed by atoms with Crippen molar-refractivity contribution in [3.63, 3.8) is 0 Å². The first-order valence-electron chi connectivity index (χ1n) is 9.34. The minimum atomic E-state index is 0.271. The maximum atomic E-state index is 6.46. The smallest absolute Gasteiger partial charge is 0.180 e. The highest BCUT2D eigenvalue weighted by atomic mass is 35.5. The van der Waals surface area contributed by atoms with Crippen LogP contribution in [0, 0.1) is 0 Å². The van der Waals surface area contributed by atoms with Gasteiger partial charge in [-0.05, 0) is 42.9 Å². The Morgan fingerprint density at radius 2 is 1.75 bits per heavy atom. The van der Waals surface area contributed by atoms with Crippen molar-refractivity contribution in [2.24, 2.45) is 0 Å². The molecule has 7 heteroatoms. The van der Waals surface area contributed by atoms with E-state index in [9.17, 15) is 0 Å². The van der Waals surface area contributed by atoms with Gasteiger partial charge in [-0.1, -0.05) is 54.7 Å². The summed E-state index contributed by atoms with van der Waals surface area (Å²) in [7, 11) is 1.60. The Hall–Kier alpha value is -1.17. The SMILES string of the molecule is CCN(CC)CCNCc1cc(Cl)c(OCc2ccc(Cl)cc2Cl)c(OC)c1. The number of hydrogen-bond donors (Lipinski definition) is 1. The monoisotopic (exact) mass is 444 g/mol. The van der Waals surface area contributed by atoms with E-state index in [-0.39, 0.29) is 6.61 Å². The van der Waals surface area contributed by atoms with Crippen molar-refractivity contribution in [3.8, 4) is 11.5 Å². The molecule has 0 aliphatic carbocycles. The number of benzene rings is 2.